The van der Waals surface area contributed by atoms with Crippen LogP contribution in [0.3, 0.4) is 0 Å². The number of halogens is 2. The van der Waals surface area contributed by atoms with Gasteiger partial charge in [-0.15, -0.1) is 0 Å². The van der Waals surface area contributed by atoms with Crippen LogP contribution in [0.1, 0.15) is 49.7 Å². The summed E-state index contributed by atoms with van der Waals surface area (Å²) in [6.07, 6.45) is 4.88. The van der Waals surface area contributed by atoms with Crippen LogP contribution in [-0.2, 0) is 24.6 Å². The molecule has 18 nitrogen and oxygen atoms in total. The number of benzene rings is 3. The number of ether oxygens (including phenoxy) is 1. The molecule has 8 rings (SSSR count). The topological polar surface area (TPSA) is 215 Å². The van der Waals surface area contributed by atoms with Gasteiger partial charge in [0, 0.05) is 51.9 Å². The van der Waals surface area contributed by atoms with E-state index in [9.17, 15) is 32.9 Å². The van der Waals surface area contributed by atoms with Crippen LogP contribution in [0.25, 0.3) is 16.6 Å². The first-order valence-corrected chi connectivity index (χ1v) is 22.9. The lowest BCUT2D eigenvalue weighted by Crippen LogP contribution is -2.52. The van der Waals surface area contributed by atoms with Gasteiger partial charge in [0.05, 0.1) is 35.0 Å². The lowest BCUT2D eigenvalue weighted by atomic mass is 9.89. The average molecular weight is 924 g/mol. The number of imide groups is 1. The highest BCUT2D eigenvalue weighted by Gasteiger charge is 2.30. The molecule has 0 radical (unpaired) electrons. The zero-order valence-corrected chi connectivity index (χ0v) is 37.0. The molecule has 66 heavy (non-hydrogen) atoms. The van der Waals surface area contributed by atoms with E-state index >= 15 is 8.78 Å². The Balaban J connectivity index is 0.845. The van der Waals surface area contributed by atoms with E-state index in [0.29, 0.717) is 86.8 Å². The summed E-state index contributed by atoms with van der Waals surface area (Å²) in [7, 11) is -2.69. The molecular formula is C45H47F2N11O7S. The normalized spacial score (nSPS) is 17.4. The fourth-order valence-corrected chi connectivity index (χ4v) is 9.22. The Morgan fingerprint density at radius 1 is 0.955 bits per heavy atom. The van der Waals surface area contributed by atoms with Crippen molar-refractivity contribution in [3.8, 4) is 23.3 Å². The van der Waals surface area contributed by atoms with Crippen LogP contribution in [-0.4, -0.2) is 120 Å². The number of fused-ring (bicyclic) bond motifs is 1. The highest BCUT2D eigenvalue weighted by Crippen LogP contribution is 2.35. The third kappa shape index (κ3) is 9.80. The van der Waals surface area contributed by atoms with E-state index in [4.69, 9.17) is 4.74 Å². The van der Waals surface area contributed by atoms with E-state index in [1.165, 1.54) is 42.2 Å². The van der Waals surface area contributed by atoms with Crippen LogP contribution in [0.2, 0.25) is 0 Å². The van der Waals surface area contributed by atoms with Gasteiger partial charge in [-0.1, -0.05) is 13.0 Å². The van der Waals surface area contributed by atoms with Crippen molar-refractivity contribution < 1.29 is 36.3 Å². The van der Waals surface area contributed by atoms with Crippen LogP contribution in [0.5, 0.6) is 11.5 Å². The van der Waals surface area contributed by atoms with Crippen LogP contribution in [0.4, 0.5) is 26.0 Å². The Morgan fingerprint density at radius 2 is 1.73 bits per heavy atom. The van der Waals surface area contributed by atoms with Crippen molar-refractivity contribution in [3.63, 3.8) is 0 Å². The molecule has 0 spiro atoms. The molecule has 3 N–H and O–H groups in total. The minimum absolute atomic E-state index is 0.00147. The molecule has 3 aromatic carbocycles. The number of anilines is 3. The third-order valence-electron chi connectivity index (χ3n) is 12.2. The number of aromatic nitrogens is 3. The maximum Gasteiger partial charge on any atom is 0.301 e. The van der Waals surface area contributed by atoms with Gasteiger partial charge in [0.25, 0.3) is 5.56 Å². The number of nitrogens with zero attached hydrogens (tertiary/aromatic N) is 8. The van der Waals surface area contributed by atoms with Gasteiger partial charge in [-0.25, -0.2) is 18.7 Å². The lowest BCUT2D eigenvalue weighted by molar-refractivity contribution is -0.134. The number of carbonyl (C=O) groups excluding carboxylic acids is 3. The number of likely N-dealkylation sites (tertiary alicyclic amines) is 1. The highest BCUT2D eigenvalue weighted by atomic mass is 32.2. The van der Waals surface area contributed by atoms with Gasteiger partial charge in [-0.3, -0.25) is 38.7 Å². The van der Waals surface area contributed by atoms with E-state index in [-0.39, 0.29) is 65.4 Å². The molecule has 0 aliphatic carbocycles. The first-order valence-electron chi connectivity index (χ1n) is 21.5. The van der Waals surface area contributed by atoms with Crippen LogP contribution in [0.15, 0.2) is 78.0 Å². The van der Waals surface area contributed by atoms with E-state index in [1.807, 2.05) is 11.0 Å². The van der Waals surface area contributed by atoms with Crippen molar-refractivity contribution in [2.24, 2.45) is 0 Å². The van der Waals surface area contributed by atoms with E-state index in [2.05, 4.69) is 35.1 Å². The molecule has 3 amide bonds. The highest BCUT2D eigenvalue weighted by molar-refractivity contribution is 7.90. The number of piperazine rings is 1. The summed E-state index contributed by atoms with van der Waals surface area (Å²) >= 11 is 0. The third-order valence-corrected chi connectivity index (χ3v) is 13.8. The molecular weight excluding hydrogens is 877 g/mol. The largest absolute Gasteiger partial charge is 0.453 e. The van der Waals surface area contributed by atoms with Crippen LogP contribution < -0.4 is 30.6 Å². The van der Waals surface area contributed by atoms with Gasteiger partial charge in [-0.2, -0.15) is 18.0 Å². The number of pyridine rings is 1. The Kier molecular flexibility index (Phi) is 13.3. The van der Waals surface area contributed by atoms with Gasteiger partial charge in [-0.05, 0) is 98.4 Å². The molecule has 5 heterocycles. The van der Waals surface area contributed by atoms with Gasteiger partial charge >= 0.3 is 10.2 Å². The maximum atomic E-state index is 15.2. The monoisotopic (exact) mass is 923 g/mol. The summed E-state index contributed by atoms with van der Waals surface area (Å²) in [5, 5.41) is 15.3. The SMILES string of the molecule is CCN(C)S(=O)(=O)Nc1ccc(F)c(Oc2ccc3ncn(-c4ccc(N5CCN(C(=O)CN6CCC(c7ccc(N[C@@H]8CCC(=O)NC8=O)cc7F)CC6)CC5)nc4)c(=O)c3c2)c1C#N. The molecule has 0 unspecified atom stereocenters. The summed E-state index contributed by atoms with van der Waals surface area (Å²) in [5.41, 5.74) is 0.809. The summed E-state index contributed by atoms with van der Waals surface area (Å²) in [5.74, 6) is -1.82. The number of hydrogen-bond donors (Lipinski definition) is 3. The molecule has 0 bridgehead atoms. The standard InChI is InChI=1S/C45H47F2N11O7S/c1-3-54(2)66(63,64)53-38-10-8-35(46)43(34(38)24-48)65-31-6-9-37-33(23-31)45(62)58(27-50-37)30-5-12-40(49-25-30)56-18-20-57(21-19-56)42(60)26-55-16-14-28(15-17-55)32-7-4-29(22-36(32)47)51-39-11-13-41(59)52-44(39)61/h4-10,12,22-23,25,27-28,39,51,53H,3,11,13-21,26H2,1-2H3,(H,52,59,61)/t39-/m1/s1. The van der Waals surface area contributed by atoms with Gasteiger partial charge in [0.15, 0.2) is 11.6 Å². The van der Waals surface area contributed by atoms with E-state index in [1.54, 1.807) is 37.4 Å². The number of rotatable bonds is 13. The second-order valence-electron chi connectivity index (χ2n) is 16.3. The number of amides is 3. The van der Waals surface area contributed by atoms with E-state index in [0.717, 1.165) is 16.4 Å². The Morgan fingerprint density at radius 3 is 2.41 bits per heavy atom. The molecule has 2 aromatic heterocycles. The van der Waals surface area contributed by atoms with Crippen molar-refractivity contribution in [1.29, 1.82) is 5.26 Å². The molecule has 3 aliphatic heterocycles. The average Bonchev–Trinajstić information content (AvgIpc) is 3.31. The maximum absolute atomic E-state index is 15.2. The van der Waals surface area contributed by atoms with Crippen molar-refractivity contribution in [3.05, 3.63) is 106 Å². The number of nitriles is 1. The minimum atomic E-state index is -4.04. The zero-order chi connectivity index (χ0) is 46.7. The predicted octanol–water partition coefficient (Wildman–Crippen LogP) is 4.08. The van der Waals surface area contributed by atoms with Gasteiger partial charge in [0.1, 0.15) is 41.4 Å². The smallest absolute Gasteiger partial charge is 0.301 e. The summed E-state index contributed by atoms with van der Waals surface area (Å²) in [4.78, 5) is 65.7. The molecule has 1 atom stereocenters. The predicted molar refractivity (Wildman–Crippen MR) is 241 cm³/mol. The van der Waals surface area contributed by atoms with Gasteiger partial charge < -0.3 is 19.9 Å². The Labute approximate surface area is 379 Å². The van der Waals surface area contributed by atoms with Crippen molar-refractivity contribution in [2.45, 2.75) is 44.6 Å². The van der Waals surface area contributed by atoms with Crippen LogP contribution in [0, 0.1) is 23.0 Å². The molecule has 3 fully saturated rings. The number of piperidine rings is 2. The number of nitrogens with one attached hydrogen (secondary N) is 3. The number of hydrogen-bond acceptors (Lipinski definition) is 13. The van der Waals surface area contributed by atoms with Crippen molar-refractivity contribution in [1.82, 2.24) is 34.0 Å². The second-order valence-corrected chi connectivity index (χ2v) is 18.1. The fourth-order valence-electron chi connectivity index (χ4n) is 8.27. The lowest BCUT2D eigenvalue weighted by Gasteiger charge is -2.37. The quantitative estimate of drug-likeness (QED) is 0.142. The summed E-state index contributed by atoms with van der Waals surface area (Å²) in [6, 6.07) is 16.0. The Hall–Kier alpha value is -7.02. The summed E-state index contributed by atoms with van der Waals surface area (Å²) < 4.78 is 66.0. The second kappa shape index (κ2) is 19.2. The molecule has 0 saturated carbocycles. The summed E-state index contributed by atoms with van der Waals surface area (Å²) in [6.45, 7) is 5.44. The minimum Gasteiger partial charge on any atom is -0.453 e. The first kappa shape index (κ1) is 45.5. The zero-order valence-electron chi connectivity index (χ0n) is 36.2. The van der Waals surface area contributed by atoms with Gasteiger partial charge in [0.2, 0.25) is 17.7 Å². The van der Waals surface area contributed by atoms with E-state index < -0.39 is 39.3 Å². The molecule has 3 aliphatic rings. The van der Waals surface area contributed by atoms with Crippen LogP contribution >= 0.6 is 0 Å². The van der Waals surface area contributed by atoms with Crippen molar-refractivity contribution >= 4 is 56.0 Å². The number of carbonyl (C=O) groups is 3. The molecule has 3 saturated heterocycles. The molecule has 5 aromatic rings. The first-order chi connectivity index (χ1) is 31.7. The fraction of sp³-hybridized carbons (Fsp3) is 0.356. The molecule has 21 heteroatoms. The Bertz CT molecular complexity index is 2900. The van der Waals surface area contributed by atoms with Crippen molar-refractivity contribution in [2.75, 3.05) is 74.3 Å². The molecule has 344 valence electrons.